The lowest BCUT2D eigenvalue weighted by atomic mass is 10.1. The van der Waals surface area contributed by atoms with Crippen LogP contribution in [0.5, 0.6) is 0 Å². The topological polar surface area (TPSA) is 117 Å². The fourth-order valence-electron chi connectivity index (χ4n) is 3.51. The monoisotopic (exact) mass is 494 g/mol. The third-order valence-electron chi connectivity index (χ3n) is 5.13. The average Bonchev–Trinajstić information content (AvgIpc) is 3.14. The Morgan fingerprint density at radius 2 is 1.85 bits per heavy atom. The molecule has 1 fully saturated rings. The number of rotatable bonds is 9. The summed E-state index contributed by atoms with van der Waals surface area (Å²) in [5.74, 6) is -1.06. The molecule has 10 nitrogen and oxygen atoms in total. The molecule has 34 heavy (non-hydrogen) atoms. The number of carbonyl (C=O) groups excluding carboxylic acids is 2. The number of anilines is 2. The number of hydrogen-bond donors (Lipinski definition) is 2. The van der Waals surface area contributed by atoms with Gasteiger partial charge in [0.25, 0.3) is 0 Å². The molecule has 12 heteroatoms. The maximum absolute atomic E-state index is 14.7. The molecule has 2 N–H and O–H groups in total. The van der Waals surface area contributed by atoms with Gasteiger partial charge in [0.05, 0.1) is 38.2 Å². The summed E-state index contributed by atoms with van der Waals surface area (Å²) >= 11 is 0. The lowest BCUT2D eigenvalue weighted by molar-refractivity contribution is -0.145. The molecule has 0 aromatic heterocycles. The molecule has 2 aromatic rings. The van der Waals surface area contributed by atoms with E-state index >= 15 is 0 Å². The Kier molecular flexibility index (Phi) is 8.29. The zero-order valence-electron chi connectivity index (χ0n) is 18.9. The van der Waals surface area contributed by atoms with E-state index in [0.29, 0.717) is 10.8 Å². The van der Waals surface area contributed by atoms with Crippen molar-refractivity contribution in [3.05, 3.63) is 59.9 Å². The molecule has 2 aromatic carbocycles. The zero-order chi connectivity index (χ0) is 24.7. The minimum Gasteiger partial charge on any atom is -0.465 e. The van der Waals surface area contributed by atoms with Gasteiger partial charge in [0.15, 0.2) is 0 Å². The van der Waals surface area contributed by atoms with Crippen LogP contribution in [0.4, 0.5) is 20.6 Å². The van der Waals surface area contributed by atoms with Gasteiger partial charge in [-0.05, 0) is 24.6 Å². The molecule has 1 amide bonds. The first-order chi connectivity index (χ1) is 16.3. The van der Waals surface area contributed by atoms with Crippen LogP contribution in [0.3, 0.4) is 0 Å². The molecule has 0 saturated carbocycles. The van der Waals surface area contributed by atoms with Crippen molar-refractivity contribution in [1.29, 1.82) is 0 Å². The highest BCUT2D eigenvalue weighted by molar-refractivity contribution is 7.91. The summed E-state index contributed by atoms with van der Waals surface area (Å²) in [5.41, 5.74) is 1.02. The second kappa shape index (κ2) is 11.2. The summed E-state index contributed by atoms with van der Waals surface area (Å²) < 4.78 is 50.9. The Bertz CT molecular complexity index is 1120. The molecular formula is C22H27FN4O6S. The summed E-state index contributed by atoms with van der Waals surface area (Å²) in [6.45, 7) is 2.50. The van der Waals surface area contributed by atoms with E-state index in [9.17, 15) is 22.4 Å². The molecule has 1 saturated heterocycles. The molecule has 184 valence electrons. The second-order valence-corrected chi connectivity index (χ2v) is 9.04. The zero-order valence-corrected chi connectivity index (χ0v) is 19.7. The largest absolute Gasteiger partial charge is 0.465 e. The van der Waals surface area contributed by atoms with Gasteiger partial charge in [-0.25, -0.2) is 14.0 Å². The van der Waals surface area contributed by atoms with Gasteiger partial charge >= 0.3 is 22.3 Å². The quantitative estimate of drug-likeness (QED) is 0.403. The van der Waals surface area contributed by atoms with E-state index in [-0.39, 0.29) is 37.6 Å². The number of benzene rings is 2. The summed E-state index contributed by atoms with van der Waals surface area (Å²) in [6, 6.07) is 12.4. The number of carbonyl (C=O) groups is 2. The number of hydrogen-bond acceptors (Lipinski definition) is 8. The van der Waals surface area contributed by atoms with Gasteiger partial charge in [-0.1, -0.05) is 30.3 Å². The Balaban J connectivity index is 1.61. The fourth-order valence-corrected chi connectivity index (χ4v) is 5.01. The average molecular weight is 495 g/mol. The highest BCUT2D eigenvalue weighted by Crippen LogP contribution is 2.28. The lowest BCUT2D eigenvalue weighted by Crippen LogP contribution is -2.37. The molecule has 1 atom stereocenters. The van der Waals surface area contributed by atoms with Crippen molar-refractivity contribution in [1.82, 2.24) is 9.62 Å². The van der Waals surface area contributed by atoms with Gasteiger partial charge in [0, 0.05) is 19.2 Å². The molecule has 1 aliphatic heterocycles. The predicted octanol–water partition coefficient (Wildman–Crippen LogP) is 2.26. The van der Waals surface area contributed by atoms with Gasteiger partial charge in [0.1, 0.15) is 11.9 Å². The highest BCUT2D eigenvalue weighted by Gasteiger charge is 2.41. The first kappa shape index (κ1) is 25.2. The van der Waals surface area contributed by atoms with E-state index in [1.807, 2.05) is 30.3 Å². The number of amides is 1. The maximum Gasteiger partial charge on any atom is 0.424 e. The van der Waals surface area contributed by atoms with Crippen molar-refractivity contribution in [2.45, 2.75) is 13.0 Å². The number of methoxy groups -OCH3 is 1. The SMILES string of the molecule is CCOC(=O)C(NCCNc1ccc(N2CCN(C(=O)OC)S2(=O)=O)cc1F)c1ccccc1. The van der Waals surface area contributed by atoms with E-state index < -0.39 is 34.1 Å². The van der Waals surface area contributed by atoms with Crippen LogP contribution in [0.2, 0.25) is 0 Å². The molecule has 0 radical (unpaired) electrons. The van der Waals surface area contributed by atoms with Crippen LogP contribution >= 0.6 is 0 Å². The second-order valence-electron chi connectivity index (χ2n) is 7.26. The van der Waals surface area contributed by atoms with Gasteiger partial charge in [-0.3, -0.25) is 9.62 Å². The van der Waals surface area contributed by atoms with E-state index in [1.54, 1.807) is 6.92 Å². The van der Waals surface area contributed by atoms with Crippen LogP contribution < -0.4 is 14.9 Å². The number of nitrogens with zero attached hydrogens (tertiary/aromatic N) is 2. The van der Waals surface area contributed by atoms with Gasteiger partial charge in [-0.15, -0.1) is 0 Å². The summed E-state index contributed by atoms with van der Waals surface area (Å²) in [7, 11) is -3.05. The van der Waals surface area contributed by atoms with Crippen molar-refractivity contribution in [2.24, 2.45) is 0 Å². The van der Waals surface area contributed by atoms with Crippen molar-refractivity contribution in [3.8, 4) is 0 Å². The van der Waals surface area contributed by atoms with Gasteiger partial charge in [-0.2, -0.15) is 12.7 Å². The number of nitrogens with one attached hydrogen (secondary N) is 2. The van der Waals surface area contributed by atoms with Gasteiger partial charge < -0.3 is 14.8 Å². The summed E-state index contributed by atoms with van der Waals surface area (Å²) in [6.07, 6.45) is -0.995. The number of halogens is 1. The minimum atomic E-state index is -4.14. The van der Waals surface area contributed by atoms with Crippen LogP contribution in [0.15, 0.2) is 48.5 Å². The van der Waals surface area contributed by atoms with Crippen molar-refractivity contribution >= 4 is 33.6 Å². The van der Waals surface area contributed by atoms with Crippen LogP contribution in [-0.4, -0.2) is 64.7 Å². The molecule has 1 heterocycles. The molecular weight excluding hydrogens is 467 g/mol. The number of ether oxygens (including phenoxy) is 2. The minimum absolute atomic E-state index is 0.0116. The van der Waals surface area contributed by atoms with Crippen LogP contribution in [0.25, 0.3) is 0 Å². The van der Waals surface area contributed by atoms with Crippen LogP contribution in [0, 0.1) is 5.82 Å². The first-order valence-electron chi connectivity index (χ1n) is 10.7. The Morgan fingerprint density at radius 1 is 1.12 bits per heavy atom. The van der Waals surface area contributed by atoms with Crippen molar-refractivity contribution in [2.75, 3.05) is 49.5 Å². The Morgan fingerprint density at radius 3 is 2.50 bits per heavy atom. The first-order valence-corrected chi connectivity index (χ1v) is 12.1. The third-order valence-corrected chi connectivity index (χ3v) is 6.97. The molecule has 1 unspecified atom stereocenters. The third kappa shape index (κ3) is 5.57. The van der Waals surface area contributed by atoms with Crippen molar-refractivity contribution < 1.29 is 31.9 Å². The van der Waals surface area contributed by atoms with Crippen LogP contribution in [-0.2, 0) is 24.5 Å². The van der Waals surface area contributed by atoms with E-state index in [2.05, 4.69) is 15.4 Å². The molecule has 1 aliphatic rings. The maximum atomic E-state index is 14.7. The molecule has 0 bridgehead atoms. The van der Waals surface area contributed by atoms with Crippen molar-refractivity contribution in [3.63, 3.8) is 0 Å². The summed E-state index contributed by atoms with van der Waals surface area (Å²) in [5, 5.41) is 6.03. The molecule has 0 aliphatic carbocycles. The van der Waals surface area contributed by atoms with E-state index in [0.717, 1.165) is 23.0 Å². The molecule has 3 rings (SSSR count). The van der Waals surface area contributed by atoms with E-state index in [4.69, 9.17) is 4.74 Å². The highest BCUT2D eigenvalue weighted by atomic mass is 32.2. The Hall–Kier alpha value is -3.38. The standard InChI is InChI=1S/C22H27FN4O6S/c1-3-33-21(28)20(16-7-5-4-6-8-16)25-12-11-24-19-10-9-17(15-18(19)23)26-13-14-27(22(29)32-2)34(26,30)31/h4-10,15,20,24-25H,3,11-14H2,1-2H3. The van der Waals surface area contributed by atoms with Crippen LogP contribution in [0.1, 0.15) is 18.5 Å². The predicted molar refractivity (Wildman–Crippen MR) is 124 cm³/mol. The number of esters is 1. The smallest absolute Gasteiger partial charge is 0.424 e. The Labute approximate surface area is 197 Å². The van der Waals surface area contributed by atoms with Gasteiger partial charge in [0.2, 0.25) is 0 Å². The van der Waals surface area contributed by atoms with E-state index in [1.165, 1.54) is 12.1 Å². The lowest BCUT2D eigenvalue weighted by Gasteiger charge is -2.20. The normalized spacial score (nSPS) is 15.6. The fraction of sp³-hybridized carbons (Fsp3) is 0.364. The summed E-state index contributed by atoms with van der Waals surface area (Å²) in [4.78, 5) is 24.0. The molecule has 0 spiro atoms.